The molecule has 0 heterocycles. The lowest BCUT2D eigenvalue weighted by atomic mass is 10.1. The van der Waals surface area contributed by atoms with Gasteiger partial charge in [0.25, 0.3) is 5.91 Å². The number of carboxylic acids is 1. The number of nitrogens with zero attached hydrogens (tertiary/aromatic N) is 1. The van der Waals surface area contributed by atoms with Gasteiger partial charge in [-0.05, 0) is 30.7 Å². The fraction of sp³-hybridized carbons (Fsp3) is 0.250. The first-order chi connectivity index (χ1) is 8.54. The van der Waals surface area contributed by atoms with Crippen molar-refractivity contribution in [3.63, 3.8) is 0 Å². The van der Waals surface area contributed by atoms with Crippen molar-refractivity contribution in [3.05, 3.63) is 35.6 Å². The maximum Gasteiger partial charge on any atom is 0.326 e. The molecule has 0 aliphatic rings. The van der Waals surface area contributed by atoms with E-state index in [1.807, 2.05) is 6.07 Å². The van der Waals surface area contributed by atoms with Gasteiger partial charge in [0.2, 0.25) is 0 Å². The molecule has 0 aliphatic heterocycles. The highest BCUT2D eigenvalue weighted by Gasteiger charge is 2.20. The summed E-state index contributed by atoms with van der Waals surface area (Å²) < 4.78 is 12.6. The molecule has 1 amide bonds. The van der Waals surface area contributed by atoms with E-state index in [9.17, 15) is 14.0 Å². The van der Waals surface area contributed by atoms with Gasteiger partial charge in [0.1, 0.15) is 11.9 Å². The summed E-state index contributed by atoms with van der Waals surface area (Å²) in [7, 11) is 0. The van der Waals surface area contributed by atoms with Gasteiger partial charge in [-0.3, -0.25) is 4.79 Å². The lowest BCUT2D eigenvalue weighted by Crippen LogP contribution is -2.40. The molecule has 0 aromatic heterocycles. The lowest BCUT2D eigenvalue weighted by Gasteiger charge is -2.12. The molecular weight excluding hydrogens is 239 g/mol. The Bertz CT molecular complexity index is 479. The normalized spacial score (nSPS) is 11.3. The van der Waals surface area contributed by atoms with Crippen molar-refractivity contribution in [1.29, 1.82) is 5.26 Å². The largest absolute Gasteiger partial charge is 0.480 e. The van der Waals surface area contributed by atoms with Gasteiger partial charge in [-0.1, -0.05) is 0 Å². The molecule has 2 N–H and O–H groups in total. The fourth-order valence-electron chi connectivity index (χ4n) is 1.31. The fourth-order valence-corrected chi connectivity index (χ4v) is 1.31. The van der Waals surface area contributed by atoms with Crippen LogP contribution in [0.3, 0.4) is 0 Å². The number of halogens is 1. The Morgan fingerprint density at radius 1 is 1.39 bits per heavy atom. The molecule has 5 nitrogen and oxygen atoms in total. The number of nitrogens with one attached hydrogen (secondary N) is 1. The number of amides is 1. The van der Waals surface area contributed by atoms with Crippen LogP contribution in [0.5, 0.6) is 0 Å². The minimum Gasteiger partial charge on any atom is -0.480 e. The highest BCUT2D eigenvalue weighted by atomic mass is 19.1. The minimum absolute atomic E-state index is 0.0266. The zero-order chi connectivity index (χ0) is 13.5. The number of nitriles is 1. The number of carbonyl (C=O) groups excluding carboxylic acids is 1. The molecule has 0 aliphatic carbocycles. The van der Waals surface area contributed by atoms with Crippen molar-refractivity contribution in [2.24, 2.45) is 0 Å². The van der Waals surface area contributed by atoms with Crippen LogP contribution in [0.4, 0.5) is 4.39 Å². The third-order valence-electron chi connectivity index (χ3n) is 2.25. The number of rotatable bonds is 5. The molecule has 6 heteroatoms. The summed E-state index contributed by atoms with van der Waals surface area (Å²) in [5.41, 5.74) is 0.166. The Labute approximate surface area is 103 Å². The van der Waals surface area contributed by atoms with Gasteiger partial charge in [0.15, 0.2) is 0 Å². The van der Waals surface area contributed by atoms with E-state index in [1.165, 1.54) is 12.1 Å². The van der Waals surface area contributed by atoms with E-state index in [-0.39, 0.29) is 18.4 Å². The second-order valence-corrected chi connectivity index (χ2v) is 3.57. The SMILES string of the molecule is N#CCC[C@@H](NC(=O)c1ccc(F)cc1)C(=O)O. The van der Waals surface area contributed by atoms with Gasteiger partial charge in [-0.25, -0.2) is 9.18 Å². The molecular formula is C12H11FN2O3. The Kier molecular flexibility index (Phi) is 4.81. The molecule has 0 radical (unpaired) electrons. The third-order valence-corrected chi connectivity index (χ3v) is 2.25. The molecule has 0 bridgehead atoms. The van der Waals surface area contributed by atoms with Crippen LogP contribution >= 0.6 is 0 Å². The Balaban J connectivity index is 2.69. The van der Waals surface area contributed by atoms with Crippen LogP contribution in [0.25, 0.3) is 0 Å². The third kappa shape index (κ3) is 3.87. The quantitative estimate of drug-likeness (QED) is 0.824. The Morgan fingerprint density at radius 2 is 2.00 bits per heavy atom. The first-order valence-corrected chi connectivity index (χ1v) is 5.20. The monoisotopic (exact) mass is 250 g/mol. The Hall–Kier alpha value is -2.42. The topological polar surface area (TPSA) is 90.2 Å². The summed E-state index contributed by atoms with van der Waals surface area (Å²) in [6, 6.07) is 5.42. The molecule has 0 spiro atoms. The van der Waals surface area contributed by atoms with Gasteiger partial charge in [-0.2, -0.15) is 5.26 Å². The number of carboxylic acid groups (broad SMARTS) is 1. The van der Waals surface area contributed by atoms with E-state index in [4.69, 9.17) is 10.4 Å². The highest BCUT2D eigenvalue weighted by molar-refractivity contribution is 5.96. The maximum absolute atomic E-state index is 12.6. The predicted molar refractivity (Wildman–Crippen MR) is 60.1 cm³/mol. The second kappa shape index (κ2) is 6.35. The van der Waals surface area contributed by atoms with E-state index in [0.717, 1.165) is 12.1 Å². The van der Waals surface area contributed by atoms with E-state index in [2.05, 4.69) is 5.32 Å². The van der Waals surface area contributed by atoms with Crippen molar-refractivity contribution in [2.75, 3.05) is 0 Å². The number of carbonyl (C=O) groups is 2. The van der Waals surface area contributed by atoms with E-state index in [0.29, 0.717) is 0 Å². The number of hydrogen-bond donors (Lipinski definition) is 2. The number of hydrogen-bond acceptors (Lipinski definition) is 3. The molecule has 1 aromatic rings. The average molecular weight is 250 g/mol. The predicted octanol–water partition coefficient (Wildman–Crippen LogP) is 1.31. The van der Waals surface area contributed by atoms with Crippen LogP contribution < -0.4 is 5.32 Å². The van der Waals surface area contributed by atoms with Crippen molar-refractivity contribution < 1.29 is 19.1 Å². The standard InChI is InChI=1S/C12H11FN2O3/c13-9-5-3-8(4-6-9)11(16)15-10(12(17)18)2-1-7-14/h3-6,10H,1-2H2,(H,15,16)(H,17,18)/t10-/m1/s1. The van der Waals surface area contributed by atoms with Gasteiger partial charge < -0.3 is 10.4 Å². The average Bonchev–Trinajstić information content (AvgIpc) is 2.34. The van der Waals surface area contributed by atoms with E-state index >= 15 is 0 Å². The molecule has 1 aromatic carbocycles. The maximum atomic E-state index is 12.6. The molecule has 1 rings (SSSR count). The van der Waals surface area contributed by atoms with Crippen LogP contribution in [0.15, 0.2) is 24.3 Å². The number of aliphatic carboxylic acids is 1. The van der Waals surface area contributed by atoms with Crippen LogP contribution in [0, 0.1) is 17.1 Å². The van der Waals surface area contributed by atoms with Crippen molar-refractivity contribution in [3.8, 4) is 6.07 Å². The van der Waals surface area contributed by atoms with Crippen LogP contribution in [0.1, 0.15) is 23.2 Å². The molecule has 0 saturated carbocycles. The summed E-state index contributed by atoms with van der Waals surface area (Å²) in [6.07, 6.45) is 0.0550. The second-order valence-electron chi connectivity index (χ2n) is 3.57. The van der Waals surface area contributed by atoms with E-state index in [1.54, 1.807) is 0 Å². The summed E-state index contributed by atoms with van der Waals surface area (Å²) in [4.78, 5) is 22.5. The number of benzene rings is 1. The van der Waals surface area contributed by atoms with Crippen molar-refractivity contribution >= 4 is 11.9 Å². The molecule has 94 valence electrons. The van der Waals surface area contributed by atoms with Crippen molar-refractivity contribution in [1.82, 2.24) is 5.32 Å². The van der Waals surface area contributed by atoms with Gasteiger partial charge in [0, 0.05) is 12.0 Å². The zero-order valence-electron chi connectivity index (χ0n) is 9.39. The summed E-state index contributed by atoms with van der Waals surface area (Å²) in [5.74, 6) is -2.30. The van der Waals surface area contributed by atoms with Gasteiger partial charge in [0.05, 0.1) is 6.07 Å². The van der Waals surface area contributed by atoms with Crippen LogP contribution in [-0.4, -0.2) is 23.0 Å². The molecule has 1 atom stereocenters. The molecule has 0 unspecified atom stereocenters. The van der Waals surface area contributed by atoms with Crippen molar-refractivity contribution in [2.45, 2.75) is 18.9 Å². The summed E-state index contributed by atoms with van der Waals surface area (Å²) in [5, 5.41) is 19.5. The van der Waals surface area contributed by atoms with Gasteiger partial charge >= 0.3 is 5.97 Å². The van der Waals surface area contributed by atoms with Gasteiger partial charge in [-0.15, -0.1) is 0 Å². The lowest BCUT2D eigenvalue weighted by molar-refractivity contribution is -0.139. The highest BCUT2D eigenvalue weighted by Crippen LogP contribution is 2.04. The van der Waals surface area contributed by atoms with Crippen LogP contribution in [0.2, 0.25) is 0 Å². The Morgan fingerprint density at radius 3 is 2.50 bits per heavy atom. The first-order valence-electron chi connectivity index (χ1n) is 5.20. The summed E-state index contributed by atoms with van der Waals surface area (Å²) >= 11 is 0. The zero-order valence-corrected chi connectivity index (χ0v) is 9.39. The first kappa shape index (κ1) is 13.6. The molecule has 0 saturated heterocycles. The minimum atomic E-state index is -1.21. The van der Waals surface area contributed by atoms with E-state index < -0.39 is 23.7 Å². The van der Waals surface area contributed by atoms with Crippen LogP contribution in [-0.2, 0) is 4.79 Å². The molecule has 18 heavy (non-hydrogen) atoms. The summed E-state index contributed by atoms with van der Waals surface area (Å²) in [6.45, 7) is 0. The molecule has 0 fully saturated rings. The smallest absolute Gasteiger partial charge is 0.326 e.